The molecule has 7 nitrogen and oxygen atoms in total. The van der Waals surface area contributed by atoms with Gasteiger partial charge in [-0.2, -0.15) is 0 Å². The Labute approximate surface area is 185 Å². The first-order chi connectivity index (χ1) is 15.0. The van der Waals surface area contributed by atoms with Gasteiger partial charge < -0.3 is 20.1 Å². The Morgan fingerprint density at radius 3 is 2.52 bits per heavy atom. The molecular weight excluding hydrogens is 418 g/mol. The van der Waals surface area contributed by atoms with Gasteiger partial charge in [-0.05, 0) is 43.1 Å². The van der Waals surface area contributed by atoms with Crippen molar-refractivity contribution in [3.8, 4) is 33.9 Å². The van der Waals surface area contributed by atoms with Gasteiger partial charge in [0.1, 0.15) is 11.5 Å². The molecule has 1 fully saturated rings. The van der Waals surface area contributed by atoms with Crippen LogP contribution in [-0.4, -0.2) is 46.3 Å². The van der Waals surface area contributed by atoms with Gasteiger partial charge in [-0.15, -0.1) is 0 Å². The van der Waals surface area contributed by atoms with E-state index in [0.29, 0.717) is 5.56 Å². The molecule has 31 heavy (non-hydrogen) atoms. The molecule has 4 rings (SSSR count). The Kier molecular flexibility index (Phi) is 6.15. The zero-order chi connectivity index (χ0) is 22.0. The number of amides is 1. The van der Waals surface area contributed by atoms with Crippen molar-refractivity contribution in [2.24, 2.45) is 0 Å². The zero-order valence-electron chi connectivity index (χ0n) is 17.2. The number of piperidine rings is 1. The summed E-state index contributed by atoms with van der Waals surface area (Å²) in [5.41, 5.74) is 2.69. The quantitative estimate of drug-likeness (QED) is 0.542. The number of phenols is 2. The fraction of sp³-hybridized carbons (Fsp3) is 0.304. The summed E-state index contributed by atoms with van der Waals surface area (Å²) in [5.74, 6) is -0.699. The lowest BCUT2D eigenvalue weighted by atomic mass is 9.97. The highest BCUT2D eigenvalue weighted by molar-refractivity contribution is 6.32. The Bertz CT molecular complexity index is 1090. The third kappa shape index (κ3) is 4.38. The van der Waals surface area contributed by atoms with Crippen LogP contribution in [-0.2, 0) is 6.54 Å². The van der Waals surface area contributed by atoms with Crippen molar-refractivity contribution in [2.45, 2.75) is 25.8 Å². The second-order valence-electron chi connectivity index (χ2n) is 7.67. The SMILES string of the molecule is CNC(=O)c1noc(-c2cc(Cl)c(O)cc2O)c1-c1ccc(CN2CCCCC2)cc1. The van der Waals surface area contributed by atoms with E-state index in [1.165, 1.54) is 37.9 Å². The van der Waals surface area contributed by atoms with E-state index < -0.39 is 5.91 Å². The highest BCUT2D eigenvalue weighted by Crippen LogP contribution is 2.42. The van der Waals surface area contributed by atoms with E-state index in [1.54, 1.807) is 0 Å². The Balaban J connectivity index is 1.73. The molecule has 1 aromatic heterocycles. The number of halogens is 1. The minimum absolute atomic E-state index is 0.0496. The summed E-state index contributed by atoms with van der Waals surface area (Å²) < 4.78 is 5.47. The van der Waals surface area contributed by atoms with Crippen LogP contribution in [0.25, 0.3) is 22.5 Å². The first-order valence-electron chi connectivity index (χ1n) is 10.2. The highest BCUT2D eigenvalue weighted by Gasteiger charge is 2.26. The first kappa shape index (κ1) is 21.2. The number of benzene rings is 2. The van der Waals surface area contributed by atoms with Crippen molar-refractivity contribution in [2.75, 3.05) is 20.1 Å². The Hall–Kier alpha value is -3.03. The molecule has 1 saturated heterocycles. The van der Waals surface area contributed by atoms with Crippen molar-refractivity contribution in [1.82, 2.24) is 15.4 Å². The fourth-order valence-corrected chi connectivity index (χ4v) is 4.06. The number of likely N-dealkylation sites (tertiary alicyclic amines) is 1. The van der Waals surface area contributed by atoms with Gasteiger partial charge in [0.2, 0.25) is 0 Å². The Morgan fingerprint density at radius 1 is 1.13 bits per heavy atom. The van der Waals surface area contributed by atoms with E-state index in [2.05, 4.69) is 15.4 Å². The van der Waals surface area contributed by atoms with Crippen LogP contribution < -0.4 is 5.32 Å². The minimum atomic E-state index is -0.410. The largest absolute Gasteiger partial charge is 0.507 e. The van der Waals surface area contributed by atoms with Crippen LogP contribution >= 0.6 is 11.6 Å². The number of aromatic nitrogens is 1. The van der Waals surface area contributed by atoms with E-state index in [-0.39, 0.29) is 33.5 Å². The van der Waals surface area contributed by atoms with Crippen molar-refractivity contribution in [1.29, 1.82) is 0 Å². The molecular formula is C23H24ClN3O4. The van der Waals surface area contributed by atoms with Gasteiger partial charge in [0.05, 0.1) is 16.1 Å². The average molecular weight is 442 g/mol. The number of aromatic hydroxyl groups is 2. The molecule has 0 radical (unpaired) electrons. The molecule has 0 spiro atoms. The molecule has 0 saturated carbocycles. The summed E-state index contributed by atoms with van der Waals surface area (Å²) in [6.45, 7) is 3.10. The second-order valence-corrected chi connectivity index (χ2v) is 8.08. The molecule has 2 aromatic carbocycles. The molecule has 8 heteroatoms. The van der Waals surface area contributed by atoms with Gasteiger partial charge in [-0.1, -0.05) is 47.4 Å². The van der Waals surface area contributed by atoms with Gasteiger partial charge in [0.25, 0.3) is 5.91 Å². The van der Waals surface area contributed by atoms with Crippen LogP contribution in [0.4, 0.5) is 0 Å². The van der Waals surface area contributed by atoms with Crippen molar-refractivity contribution >= 4 is 17.5 Å². The fourth-order valence-electron chi connectivity index (χ4n) is 3.90. The molecule has 0 atom stereocenters. The molecule has 1 aliphatic heterocycles. The maximum atomic E-state index is 12.4. The number of carbonyl (C=O) groups excluding carboxylic acids is 1. The van der Waals surface area contributed by atoms with Crippen LogP contribution in [0.15, 0.2) is 40.9 Å². The molecule has 3 N–H and O–H groups in total. The van der Waals surface area contributed by atoms with Crippen molar-refractivity contribution < 1.29 is 19.5 Å². The summed E-state index contributed by atoms with van der Waals surface area (Å²) in [5, 5.41) is 26.7. The van der Waals surface area contributed by atoms with E-state index >= 15 is 0 Å². The smallest absolute Gasteiger partial charge is 0.273 e. The summed E-state index contributed by atoms with van der Waals surface area (Å²) in [7, 11) is 1.51. The Morgan fingerprint density at radius 2 is 1.84 bits per heavy atom. The summed E-state index contributed by atoms with van der Waals surface area (Å²) in [6.07, 6.45) is 3.76. The van der Waals surface area contributed by atoms with E-state index in [9.17, 15) is 15.0 Å². The lowest BCUT2D eigenvalue weighted by molar-refractivity contribution is 0.0955. The number of carbonyl (C=O) groups is 1. The van der Waals surface area contributed by atoms with Crippen molar-refractivity contribution in [3.63, 3.8) is 0 Å². The molecule has 0 unspecified atom stereocenters. The molecule has 1 aliphatic rings. The van der Waals surface area contributed by atoms with Crippen LogP contribution in [0.3, 0.4) is 0 Å². The number of nitrogens with zero attached hydrogens (tertiary/aromatic N) is 2. The van der Waals surface area contributed by atoms with Crippen LogP contribution in [0, 0.1) is 0 Å². The molecule has 0 aliphatic carbocycles. The molecule has 162 valence electrons. The normalized spacial score (nSPS) is 14.5. The van der Waals surface area contributed by atoms with E-state index in [0.717, 1.165) is 31.3 Å². The maximum Gasteiger partial charge on any atom is 0.273 e. The van der Waals surface area contributed by atoms with Crippen molar-refractivity contribution in [3.05, 3.63) is 52.7 Å². The lowest BCUT2D eigenvalue weighted by Gasteiger charge is -2.26. The first-order valence-corrected chi connectivity index (χ1v) is 10.6. The summed E-state index contributed by atoms with van der Waals surface area (Å²) in [6, 6.07) is 10.4. The van der Waals surface area contributed by atoms with Gasteiger partial charge in [-0.25, -0.2) is 0 Å². The monoisotopic (exact) mass is 441 g/mol. The number of nitrogens with one attached hydrogen (secondary N) is 1. The van der Waals surface area contributed by atoms with Gasteiger partial charge in [0, 0.05) is 19.7 Å². The standard InChI is InChI=1S/C23H24ClN3O4/c1-25-23(30)21-20(22(31-26-21)16-11-17(24)19(29)12-18(16)28)15-7-5-14(6-8-15)13-27-9-3-2-4-10-27/h5-8,11-12,28-29H,2-4,9-10,13H2,1H3,(H,25,30). The predicted octanol–water partition coefficient (Wildman–Crippen LogP) is 4.42. The number of phenolic OH excluding ortho intramolecular Hbond substituents is 2. The van der Waals surface area contributed by atoms with Gasteiger partial charge in [0.15, 0.2) is 11.5 Å². The molecule has 3 aromatic rings. The van der Waals surface area contributed by atoms with Gasteiger partial charge >= 0.3 is 0 Å². The van der Waals surface area contributed by atoms with E-state index in [4.69, 9.17) is 16.1 Å². The van der Waals surface area contributed by atoms with Crippen LogP contribution in [0.2, 0.25) is 5.02 Å². The zero-order valence-corrected chi connectivity index (χ0v) is 17.9. The molecule has 1 amide bonds. The lowest BCUT2D eigenvalue weighted by Crippen LogP contribution is -2.29. The van der Waals surface area contributed by atoms with Crippen LogP contribution in [0.1, 0.15) is 35.3 Å². The number of hydrogen-bond acceptors (Lipinski definition) is 6. The topological polar surface area (TPSA) is 98.8 Å². The average Bonchev–Trinajstić information content (AvgIpc) is 3.22. The number of rotatable bonds is 5. The highest BCUT2D eigenvalue weighted by atomic mass is 35.5. The third-order valence-electron chi connectivity index (χ3n) is 5.54. The van der Waals surface area contributed by atoms with E-state index in [1.807, 2.05) is 24.3 Å². The maximum absolute atomic E-state index is 12.4. The summed E-state index contributed by atoms with van der Waals surface area (Å²) in [4.78, 5) is 14.9. The van der Waals surface area contributed by atoms with Gasteiger partial charge in [-0.3, -0.25) is 9.69 Å². The molecule has 0 bridgehead atoms. The predicted molar refractivity (Wildman–Crippen MR) is 118 cm³/mol. The number of hydrogen-bond donors (Lipinski definition) is 3. The second kappa shape index (κ2) is 8.99. The summed E-state index contributed by atoms with van der Waals surface area (Å²) >= 11 is 6.04. The van der Waals surface area contributed by atoms with Crippen LogP contribution in [0.5, 0.6) is 11.5 Å². The third-order valence-corrected chi connectivity index (χ3v) is 5.84. The molecule has 2 heterocycles. The minimum Gasteiger partial charge on any atom is -0.507 e.